The highest BCUT2D eigenvalue weighted by atomic mass is 16.5. The van der Waals surface area contributed by atoms with Crippen LogP contribution in [0.25, 0.3) is 11.3 Å². The van der Waals surface area contributed by atoms with E-state index in [1.807, 2.05) is 11.8 Å². The summed E-state index contributed by atoms with van der Waals surface area (Å²) in [5, 5.41) is 13.5. The zero-order valence-electron chi connectivity index (χ0n) is 18.2. The molecule has 4 rings (SSSR count). The van der Waals surface area contributed by atoms with Crippen molar-refractivity contribution in [3.8, 4) is 11.3 Å². The van der Waals surface area contributed by atoms with Gasteiger partial charge in [-0.2, -0.15) is 4.98 Å². The molecular formula is C20H28N8O4. The number of amides is 1. The van der Waals surface area contributed by atoms with Crippen LogP contribution >= 0.6 is 0 Å². The number of carbonyl (C=O) groups excluding carboxylic acids is 1. The number of aryl methyl sites for hydroxylation is 1. The normalized spacial score (nSPS) is 21.0. The van der Waals surface area contributed by atoms with Crippen molar-refractivity contribution in [3.63, 3.8) is 0 Å². The first-order valence-electron chi connectivity index (χ1n) is 10.5. The van der Waals surface area contributed by atoms with Gasteiger partial charge >= 0.3 is 6.09 Å². The summed E-state index contributed by atoms with van der Waals surface area (Å²) in [4.78, 5) is 33.4. The Hall–Kier alpha value is -3.25. The molecule has 0 spiro atoms. The molecule has 0 aliphatic carbocycles. The number of methoxy groups -OCH3 is 1. The van der Waals surface area contributed by atoms with Gasteiger partial charge in [0.05, 0.1) is 43.9 Å². The van der Waals surface area contributed by atoms with E-state index in [1.165, 1.54) is 7.11 Å². The minimum atomic E-state index is -0.741. The zero-order valence-corrected chi connectivity index (χ0v) is 18.2. The molecule has 1 atom stereocenters. The number of aliphatic hydroxyl groups is 1. The Morgan fingerprint density at radius 3 is 2.78 bits per heavy atom. The molecule has 2 aromatic heterocycles. The lowest BCUT2D eigenvalue weighted by Crippen LogP contribution is -2.46. The molecule has 0 saturated carbocycles. The number of nitrogens with two attached hydrogens (primary N) is 1. The number of aliphatic hydroxyl groups excluding tert-OH is 1. The number of anilines is 3. The van der Waals surface area contributed by atoms with Crippen LogP contribution in [0.2, 0.25) is 0 Å². The van der Waals surface area contributed by atoms with E-state index >= 15 is 0 Å². The highest BCUT2D eigenvalue weighted by molar-refractivity contribution is 5.69. The summed E-state index contributed by atoms with van der Waals surface area (Å²) < 4.78 is 10.3. The van der Waals surface area contributed by atoms with Gasteiger partial charge in [0.1, 0.15) is 5.82 Å². The molecule has 4 N–H and O–H groups in total. The molecule has 0 aromatic carbocycles. The van der Waals surface area contributed by atoms with Crippen LogP contribution in [0.15, 0.2) is 12.3 Å². The van der Waals surface area contributed by atoms with Crippen LogP contribution in [0, 0.1) is 6.92 Å². The lowest BCUT2D eigenvalue weighted by Gasteiger charge is -2.31. The number of nitrogen functional groups attached to an aromatic ring is 1. The second-order valence-electron chi connectivity index (χ2n) is 7.97. The molecule has 0 unspecified atom stereocenters. The fourth-order valence-corrected chi connectivity index (χ4v) is 3.98. The molecule has 2 aliphatic rings. The van der Waals surface area contributed by atoms with E-state index in [-0.39, 0.29) is 12.6 Å². The highest BCUT2D eigenvalue weighted by Crippen LogP contribution is 2.30. The number of nitrogens with zero attached hydrogens (tertiary/aromatic N) is 6. The van der Waals surface area contributed by atoms with E-state index in [2.05, 4.69) is 15.3 Å². The van der Waals surface area contributed by atoms with Crippen LogP contribution < -0.4 is 16.0 Å². The fraction of sp³-hybridized carbons (Fsp3) is 0.550. The van der Waals surface area contributed by atoms with Crippen molar-refractivity contribution < 1.29 is 19.4 Å². The Bertz CT molecular complexity index is 984. The average molecular weight is 444 g/mol. The standard InChI is InChI=1S/C20H28N8O4/c1-13-14(10-22-17(21)23-13)15-9-16(25-18(24-15)27-5-7-32-8-6-27)26-20(12-29)3-4-28(11-20)19(30)31-2/h9-10,29H,3-8,11-12H2,1-2H3,(H2,21,22,23)(H,24,25,26)/t20-/m0/s1. The van der Waals surface area contributed by atoms with E-state index in [0.29, 0.717) is 69.0 Å². The molecule has 2 aromatic rings. The number of carbonyl (C=O) groups is 1. The Labute approximate surface area is 185 Å². The first-order chi connectivity index (χ1) is 15.4. The smallest absolute Gasteiger partial charge is 0.409 e. The summed E-state index contributed by atoms with van der Waals surface area (Å²) in [6, 6.07) is 1.80. The van der Waals surface area contributed by atoms with E-state index in [0.717, 1.165) is 5.56 Å². The molecule has 1 amide bonds. The zero-order chi connectivity index (χ0) is 22.7. The lowest BCUT2D eigenvalue weighted by atomic mass is 10.00. The maximum atomic E-state index is 12.0. The van der Waals surface area contributed by atoms with Crippen molar-refractivity contribution >= 4 is 23.8 Å². The van der Waals surface area contributed by atoms with Crippen LogP contribution in [0.1, 0.15) is 12.1 Å². The summed E-state index contributed by atoms with van der Waals surface area (Å²) >= 11 is 0. The van der Waals surface area contributed by atoms with E-state index in [9.17, 15) is 9.90 Å². The molecule has 0 bridgehead atoms. The van der Waals surface area contributed by atoms with Gasteiger partial charge in [-0.25, -0.2) is 19.7 Å². The van der Waals surface area contributed by atoms with Crippen molar-refractivity contribution in [2.24, 2.45) is 0 Å². The van der Waals surface area contributed by atoms with Crippen molar-refractivity contribution in [1.82, 2.24) is 24.8 Å². The number of likely N-dealkylation sites (tertiary alicyclic amines) is 1. The number of hydrogen-bond donors (Lipinski definition) is 3. The first-order valence-corrected chi connectivity index (χ1v) is 10.5. The molecule has 4 heterocycles. The molecule has 2 saturated heterocycles. The number of morpholine rings is 1. The Morgan fingerprint density at radius 1 is 1.31 bits per heavy atom. The van der Waals surface area contributed by atoms with Crippen LogP contribution in [0.4, 0.5) is 22.5 Å². The van der Waals surface area contributed by atoms with Gasteiger partial charge in [-0.15, -0.1) is 0 Å². The van der Waals surface area contributed by atoms with E-state index in [4.69, 9.17) is 25.2 Å². The summed E-state index contributed by atoms with van der Waals surface area (Å²) in [6.45, 7) is 4.97. The third-order valence-corrected chi connectivity index (χ3v) is 5.76. The Kier molecular flexibility index (Phi) is 6.24. The lowest BCUT2D eigenvalue weighted by molar-refractivity contribution is 0.122. The van der Waals surface area contributed by atoms with Gasteiger partial charge in [-0.05, 0) is 13.3 Å². The van der Waals surface area contributed by atoms with Gasteiger partial charge < -0.3 is 35.4 Å². The van der Waals surface area contributed by atoms with Crippen molar-refractivity contribution in [3.05, 3.63) is 18.0 Å². The summed E-state index contributed by atoms with van der Waals surface area (Å²) in [6.07, 6.45) is 1.77. The molecule has 2 fully saturated rings. The summed E-state index contributed by atoms with van der Waals surface area (Å²) in [5.41, 5.74) is 7.05. The Balaban J connectivity index is 1.69. The SMILES string of the molecule is COC(=O)N1CC[C@](CO)(Nc2cc(-c3cnc(N)nc3C)nc(N3CCOCC3)n2)C1. The predicted molar refractivity (Wildman–Crippen MR) is 117 cm³/mol. The number of nitrogens with one attached hydrogen (secondary N) is 1. The molecule has 2 aliphatic heterocycles. The molecular weight excluding hydrogens is 416 g/mol. The fourth-order valence-electron chi connectivity index (χ4n) is 3.98. The summed E-state index contributed by atoms with van der Waals surface area (Å²) in [7, 11) is 1.34. The molecule has 0 radical (unpaired) electrons. The van der Waals surface area contributed by atoms with Gasteiger partial charge in [0, 0.05) is 44.0 Å². The van der Waals surface area contributed by atoms with Crippen molar-refractivity contribution in [2.75, 3.05) is 69.1 Å². The van der Waals surface area contributed by atoms with Crippen LogP contribution in [-0.2, 0) is 9.47 Å². The van der Waals surface area contributed by atoms with Gasteiger partial charge in [-0.3, -0.25) is 0 Å². The maximum Gasteiger partial charge on any atom is 0.409 e. The van der Waals surface area contributed by atoms with Crippen molar-refractivity contribution in [1.29, 1.82) is 0 Å². The van der Waals surface area contributed by atoms with Gasteiger partial charge in [0.2, 0.25) is 11.9 Å². The van der Waals surface area contributed by atoms with Gasteiger partial charge in [0.15, 0.2) is 0 Å². The third kappa shape index (κ3) is 4.50. The van der Waals surface area contributed by atoms with E-state index < -0.39 is 11.6 Å². The van der Waals surface area contributed by atoms with Crippen LogP contribution in [0.3, 0.4) is 0 Å². The van der Waals surface area contributed by atoms with Crippen LogP contribution in [-0.4, -0.2) is 94.7 Å². The maximum absolute atomic E-state index is 12.0. The third-order valence-electron chi connectivity index (χ3n) is 5.76. The topological polar surface area (TPSA) is 152 Å². The largest absolute Gasteiger partial charge is 0.453 e. The first kappa shape index (κ1) is 22.0. The van der Waals surface area contributed by atoms with Crippen molar-refractivity contribution in [2.45, 2.75) is 18.9 Å². The molecule has 12 nitrogen and oxygen atoms in total. The number of rotatable bonds is 5. The second-order valence-corrected chi connectivity index (χ2v) is 7.97. The molecule has 12 heteroatoms. The van der Waals surface area contributed by atoms with Gasteiger partial charge in [-0.1, -0.05) is 0 Å². The average Bonchev–Trinajstić information content (AvgIpc) is 3.23. The van der Waals surface area contributed by atoms with Crippen LogP contribution in [0.5, 0.6) is 0 Å². The molecule has 32 heavy (non-hydrogen) atoms. The minimum absolute atomic E-state index is 0.170. The molecule has 172 valence electrons. The monoisotopic (exact) mass is 444 g/mol. The predicted octanol–water partition coefficient (Wildman–Crippen LogP) is 0.276. The Morgan fingerprint density at radius 2 is 2.09 bits per heavy atom. The van der Waals surface area contributed by atoms with Gasteiger partial charge in [0.25, 0.3) is 0 Å². The second kappa shape index (κ2) is 9.09. The summed E-state index contributed by atoms with van der Waals surface area (Å²) in [5.74, 6) is 1.27. The quantitative estimate of drug-likeness (QED) is 0.583. The number of aromatic nitrogens is 4. The van der Waals surface area contributed by atoms with E-state index in [1.54, 1.807) is 17.2 Å². The minimum Gasteiger partial charge on any atom is -0.453 e. The highest BCUT2D eigenvalue weighted by Gasteiger charge is 2.40. The number of hydrogen-bond acceptors (Lipinski definition) is 11. The number of ether oxygens (including phenoxy) is 2.